The minimum absolute atomic E-state index is 0.292. The fraction of sp³-hybridized carbons (Fsp3) is 0.412. The molecule has 1 aromatic heterocycles. The van der Waals surface area contributed by atoms with Crippen LogP contribution in [0.3, 0.4) is 0 Å². The molecule has 0 aliphatic carbocycles. The molecule has 0 saturated carbocycles. The van der Waals surface area contributed by atoms with Crippen molar-refractivity contribution >= 4 is 5.91 Å². The molecule has 2 rings (SSSR count). The van der Waals surface area contributed by atoms with Gasteiger partial charge in [0.05, 0.1) is 12.8 Å². The first kappa shape index (κ1) is 19.9. The molecular formula is C17H19F4N3O2. The van der Waals surface area contributed by atoms with Crippen molar-refractivity contribution < 1.29 is 27.1 Å². The SMILES string of the molecule is CCn1cc(CNC(=O)c2cccc(COCC(F)(F)C(F)F)c2)cn1. The van der Waals surface area contributed by atoms with Crippen molar-refractivity contribution in [2.24, 2.45) is 0 Å². The van der Waals surface area contributed by atoms with Gasteiger partial charge in [-0.05, 0) is 24.6 Å². The number of alkyl halides is 4. The van der Waals surface area contributed by atoms with Gasteiger partial charge >= 0.3 is 12.3 Å². The number of hydrogen-bond acceptors (Lipinski definition) is 3. The van der Waals surface area contributed by atoms with Crippen LogP contribution < -0.4 is 5.32 Å². The molecule has 5 nitrogen and oxygen atoms in total. The van der Waals surface area contributed by atoms with Crippen molar-refractivity contribution in [3.05, 3.63) is 53.3 Å². The third-order valence-corrected chi connectivity index (χ3v) is 3.54. The van der Waals surface area contributed by atoms with Crippen LogP contribution in [0.1, 0.15) is 28.4 Å². The molecule has 1 N–H and O–H groups in total. The molecule has 0 bridgehead atoms. The van der Waals surface area contributed by atoms with Crippen LogP contribution in [0.5, 0.6) is 0 Å². The highest BCUT2D eigenvalue weighted by atomic mass is 19.3. The molecule has 2 aromatic rings. The molecule has 1 aromatic carbocycles. The summed E-state index contributed by atoms with van der Waals surface area (Å²) in [6, 6.07) is 6.14. The quantitative estimate of drug-likeness (QED) is 0.687. The summed E-state index contributed by atoms with van der Waals surface area (Å²) in [6.07, 6.45) is -0.318. The Bertz CT molecular complexity index is 734. The molecule has 26 heavy (non-hydrogen) atoms. The van der Waals surface area contributed by atoms with Crippen LogP contribution in [-0.2, 0) is 24.4 Å². The van der Waals surface area contributed by atoms with Crippen LogP contribution in [0.25, 0.3) is 0 Å². The molecule has 9 heteroatoms. The number of carbonyl (C=O) groups is 1. The summed E-state index contributed by atoms with van der Waals surface area (Å²) in [7, 11) is 0. The van der Waals surface area contributed by atoms with Crippen molar-refractivity contribution in [1.82, 2.24) is 15.1 Å². The van der Waals surface area contributed by atoms with Gasteiger partial charge in [-0.25, -0.2) is 8.78 Å². The van der Waals surface area contributed by atoms with Crippen molar-refractivity contribution in [2.75, 3.05) is 6.61 Å². The van der Waals surface area contributed by atoms with Gasteiger partial charge in [0.2, 0.25) is 0 Å². The normalized spacial score (nSPS) is 11.8. The Kier molecular flexibility index (Phi) is 6.73. The summed E-state index contributed by atoms with van der Waals surface area (Å²) in [5.74, 6) is -4.55. The highest BCUT2D eigenvalue weighted by molar-refractivity contribution is 5.94. The van der Waals surface area contributed by atoms with Crippen LogP contribution in [0.4, 0.5) is 17.6 Å². The van der Waals surface area contributed by atoms with Gasteiger partial charge < -0.3 is 10.1 Å². The molecule has 0 aliphatic rings. The number of nitrogens with zero attached hydrogens (tertiary/aromatic N) is 2. The number of nitrogens with one attached hydrogen (secondary N) is 1. The highest BCUT2D eigenvalue weighted by Gasteiger charge is 2.40. The van der Waals surface area contributed by atoms with E-state index in [1.54, 1.807) is 29.1 Å². The summed E-state index contributed by atoms with van der Waals surface area (Å²) >= 11 is 0. The van der Waals surface area contributed by atoms with Gasteiger partial charge in [-0.15, -0.1) is 0 Å². The van der Waals surface area contributed by atoms with E-state index in [2.05, 4.69) is 15.2 Å². The van der Waals surface area contributed by atoms with Crippen LogP contribution >= 0.6 is 0 Å². The number of aromatic nitrogens is 2. The van der Waals surface area contributed by atoms with Crippen molar-refractivity contribution in [3.8, 4) is 0 Å². The predicted molar refractivity (Wildman–Crippen MR) is 86.1 cm³/mol. The number of aryl methyl sites for hydroxylation is 1. The van der Waals surface area contributed by atoms with E-state index in [-0.39, 0.29) is 12.5 Å². The second-order valence-corrected chi connectivity index (χ2v) is 5.64. The molecule has 0 aliphatic heterocycles. The molecule has 0 saturated heterocycles. The lowest BCUT2D eigenvalue weighted by molar-refractivity contribution is -0.168. The van der Waals surface area contributed by atoms with Crippen LogP contribution in [-0.4, -0.2) is 34.6 Å². The Morgan fingerprint density at radius 2 is 2.12 bits per heavy atom. The van der Waals surface area contributed by atoms with Gasteiger partial charge in [-0.1, -0.05) is 12.1 Å². The third-order valence-electron chi connectivity index (χ3n) is 3.54. The first-order valence-corrected chi connectivity index (χ1v) is 7.94. The zero-order chi connectivity index (χ0) is 19.2. The number of ether oxygens (including phenoxy) is 1. The van der Waals surface area contributed by atoms with E-state index in [1.165, 1.54) is 6.07 Å². The Hall–Kier alpha value is -2.42. The summed E-state index contributed by atoms with van der Waals surface area (Å²) < 4.78 is 56.1. The van der Waals surface area contributed by atoms with Crippen molar-refractivity contribution in [2.45, 2.75) is 39.0 Å². The lowest BCUT2D eigenvalue weighted by Gasteiger charge is -2.15. The lowest BCUT2D eigenvalue weighted by Crippen LogP contribution is -2.32. The Morgan fingerprint density at radius 1 is 1.35 bits per heavy atom. The topological polar surface area (TPSA) is 56.2 Å². The Morgan fingerprint density at radius 3 is 2.77 bits per heavy atom. The summed E-state index contributed by atoms with van der Waals surface area (Å²) in [5, 5.41) is 6.82. The molecule has 0 atom stereocenters. The first-order valence-electron chi connectivity index (χ1n) is 7.94. The minimum atomic E-state index is -4.20. The number of halogens is 4. The number of carbonyl (C=O) groups excluding carboxylic acids is 1. The molecular weight excluding hydrogens is 354 g/mol. The standard InChI is InChI=1S/C17H19F4N3O2/c1-2-24-9-13(8-23-24)7-22-15(25)14-5-3-4-12(6-14)10-26-11-17(20,21)16(18)19/h3-6,8-9,16H,2,7,10-11H2,1H3,(H,22,25). The zero-order valence-electron chi connectivity index (χ0n) is 14.1. The molecule has 0 fully saturated rings. The van der Waals surface area contributed by atoms with E-state index in [0.717, 1.165) is 12.1 Å². The highest BCUT2D eigenvalue weighted by Crippen LogP contribution is 2.23. The van der Waals surface area contributed by atoms with E-state index in [4.69, 9.17) is 0 Å². The number of hydrogen-bond donors (Lipinski definition) is 1. The maximum absolute atomic E-state index is 12.8. The predicted octanol–water partition coefficient (Wildman–Crippen LogP) is 3.25. The van der Waals surface area contributed by atoms with Crippen LogP contribution in [0.2, 0.25) is 0 Å². The summed E-state index contributed by atoms with van der Waals surface area (Å²) in [5.41, 5.74) is 1.59. The fourth-order valence-electron chi connectivity index (χ4n) is 2.13. The molecule has 142 valence electrons. The fourth-order valence-corrected chi connectivity index (χ4v) is 2.13. The molecule has 0 spiro atoms. The Balaban J connectivity index is 1.88. The number of benzene rings is 1. The van der Waals surface area contributed by atoms with E-state index >= 15 is 0 Å². The number of amides is 1. The van der Waals surface area contributed by atoms with Gasteiger partial charge in [-0.3, -0.25) is 9.48 Å². The van der Waals surface area contributed by atoms with Gasteiger partial charge in [0.25, 0.3) is 5.91 Å². The van der Waals surface area contributed by atoms with Crippen LogP contribution in [0, 0.1) is 0 Å². The minimum Gasteiger partial charge on any atom is -0.370 e. The maximum Gasteiger partial charge on any atom is 0.330 e. The molecule has 0 unspecified atom stereocenters. The summed E-state index contributed by atoms with van der Waals surface area (Å²) in [6.45, 7) is 1.27. The second-order valence-electron chi connectivity index (χ2n) is 5.64. The smallest absolute Gasteiger partial charge is 0.330 e. The largest absolute Gasteiger partial charge is 0.370 e. The monoisotopic (exact) mass is 373 g/mol. The molecule has 0 radical (unpaired) electrons. The van der Waals surface area contributed by atoms with Gasteiger partial charge in [0.1, 0.15) is 6.61 Å². The Labute approximate surface area is 148 Å². The zero-order valence-corrected chi connectivity index (χ0v) is 14.1. The third kappa shape index (κ3) is 5.55. The van der Waals surface area contributed by atoms with Crippen LogP contribution in [0.15, 0.2) is 36.7 Å². The van der Waals surface area contributed by atoms with Crippen molar-refractivity contribution in [1.29, 1.82) is 0 Å². The molecule has 1 heterocycles. The van der Waals surface area contributed by atoms with E-state index in [9.17, 15) is 22.4 Å². The molecule has 1 amide bonds. The average molecular weight is 373 g/mol. The average Bonchev–Trinajstić information content (AvgIpc) is 3.08. The van der Waals surface area contributed by atoms with Crippen molar-refractivity contribution in [3.63, 3.8) is 0 Å². The van der Waals surface area contributed by atoms with E-state index < -0.39 is 19.0 Å². The maximum atomic E-state index is 12.8. The summed E-state index contributed by atoms with van der Waals surface area (Å²) in [4.78, 5) is 12.2. The second kappa shape index (κ2) is 8.79. The van der Waals surface area contributed by atoms with E-state index in [1.807, 2.05) is 13.1 Å². The van der Waals surface area contributed by atoms with Gasteiger partial charge in [-0.2, -0.15) is 13.9 Å². The lowest BCUT2D eigenvalue weighted by atomic mass is 10.1. The first-order chi connectivity index (χ1) is 12.3. The van der Waals surface area contributed by atoms with Gasteiger partial charge in [0.15, 0.2) is 0 Å². The van der Waals surface area contributed by atoms with E-state index in [0.29, 0.717) is 17.7 Å². The number of rotatable bonds is 9. The van der Waals surface area contributed by atoms with Gasteiger partial charge in [0, 0.05) is 30.4 Å².